The second-order valence-electron chi connectivity index (χ2n) is 8.11. The van der Waals surface area contributed by atoms with Gasteiger partial charge < -0.3 is 19.3 Å². The summed E-state index contributed by atoms with van der Waals surface area (Å²) in [5, 5.41) is 17.8. The minimum absolute atomic E-state index is 0.00824. The van der Waals surface area contributed by atoms with Crippen LogP contribution in [-0.2, 0) is 10.0 Å². The fourth-order valence-corrected chi connectivity index (χ4v) is 4.95. The van der Waals surface area contributed by atoms with E-state index in [1.165, 1.54) is 25.7 Å². The molecule has 1 aromatic heterocycles. The number of ether oxygens (including phenoxy) is 3. The standard InChI is InChI=1S/C23H28N4O6S/c1-14(21(28)15-11-12-15)34(29,30)26-23-25-24-22(16-7-5-8-17(13-16)31-2)27(23)20-18(32-3)9-6-10-19(20)33-4/h5-10,13-15,21,28H,11-12H2,1-4H3,(H,25,26)/t14-,21-/m0/s1. The van der Waals surface area contributed by atoms with Crippen LogP contribution in [0.4, 0.5) is 5.95 Å². The van der Waals surface area contributed by atoms with Crippen LogP contribution in [0.25, 0.3) is 17.1 Å². The lowest BCUT2D eigenvalue weighted by Crippen LogP contribution is -2.37. The number of benzene rings is 2. The average molecular weight is 489 g/mol. The maximum atomic E-state index is 13.2. The molecule has 34 heavy (non-hydrogen) atoms. The van der Waals surface area contributed by atoms with Crippen LogP contribution in [0.5, 0.6) is 17.2 Å². The Balaban J connectivity index is 1.88. The minimum Gasteiger partial charge on any atom is -0.497 e. The zero-order valence-corrected chi connectivity index (χ0v) is 20.2. The molecule has 11 heteroatoms. The molecule has 1 heterocycles. The largest absolute Gasteiger partial charge is 0.497 e. The number of aliphatic hydroxyl groups is 1. The number of hydrogen-bond donors (Lipinski definition) is 2. The number of methoxy groups -OCH3 is 3. The van der Waals surface area contributed by atoms with Crippen LogP contribution in [0.1, 0.15) is 19.8 Å². The van der Waals surface area contributed by atoms with Crippen molar-refractivity contribution in [1.82, 2.24) is 14.8 Å². The van der Waals surface area contributed by atoms with Crippen molar-refractivity contribution in [1.29, 1.82) is 0 Å². The highest BCUT2D eigenvalue weighted by molar-refractivity contribution is 7.93. The molecule has 1 aliphatic carbocycles. The summed E-state index contributed by atoms with van der Waals surface area (Å²) in [6.45, 7) is 1.48. The van der Waals surface area contributed by atoms with Crippen LogP contribution >= 0.6 is 0 Å². The summed E-state index contributed by atoms with van der Waals surface area (Å²) in [6.07, 6.45) is 0.665. The summed E-state index contributed by atoms with van der Waals surface area (Å²) in [6, 6.07) is 12.4. The van der Waals surface area contributed by atoms with E-state index in [1.807, 2.05) is 6.07 Å². The first kappa shape index (κ1) is 23.8. The maximum Gasteiger partial charge on any atom is 0.243 e. The number of nitrogens with one attached hydrogen (secondary N) is 1. The number of nitrogens with zero attached hydrogens (tertiary/aromatic N) is 3. The van der Waals surface area contributed by atoms with Crippen LogP contribution in [-0.4, -0.2) is 61.0 Å². The fraction of sp³-hybridized carbons (Fsp3) is 0.391. The van der Waals surface area contributed by atoms with Gasteiger partial charge in [-0.1, -0.05) is 18.2 Å². The Morgan fingerprint density at radius 3 is 2.26 bits per heavy atom. The number of aliphatic hydroxyl groups excluding tert-OH is 1. The van der Waals surface area contributed by atoms with Crippen LogP contribution in [0.2, 0.25) is 0 Å². The van der Waals surface area contributed by atoms with Gasteiger partial charge in [-0.25, -0.2) is 8.42 Å². The normalized spacial score (nSPS) is 15.4. The van der Waals surface area contributed by atoms with Gasteiger partial charge in [0.1, 0.15) is 28.2 Å². The molecule has 1 saturated carbocycles. The van der Waals surface area contributed by atoms with Crippen molar-refractivity contribution in [2.75, 3.05) is 26.1 Å². The number of hydrogen-bond acceptors (Lipinski definition) is 8. The third-order valence-electron chi connectivity index (χ3n) is 5.93. The Bertz CT molecular complexity index is 1250. The van der Waals surface area contributed by atoms with Crippen LogP contribution in [0, 0.1) is 5.92 Å². The van der Waals surface area contributed by atoms with Gasteiger partial charge in [0, 0.05) is 5.56 Å². The monoisotopic (exact) mass is 488 g/mol. The van der Waals surface area contributed by atoms with Crippen LogP contribution in [0.3, 0.4) is 0 Å². The van der Waals surface area contributed by atoms with Gasteiger partial charge in [-0.15, -0.1) is 10.2 Å². The van der Waals surface area contributed by atoms with E-state index >= 15 is 0 Å². The molecule has 182 valence electrons. The van der Waals surface area contributed by atoms with Crippen molar-refractivity contribution in [3.63, 3.8) is 0 Å². The van der Waals surface area contributed by atoms with Crippen LogP contribution < -0.4 is 18.9 Å². The van der Waals surface area contributed by atoms with Crippen molar-refractivity contribution in [3.8, 4) is 34.3 Å². The Hall–Kier alpha value is -3.31. The lowest BCUT2D eigenvalue weighted by Gasteiger charge is -2.21. The van der Waals surface area contributed by atoms with E-state index in [4.69, 9.17) is 14.2 Å². The van der Waals surface area contributed by atoms with E-state index < -0.39 is 21.4 Å². The third-order valence-corrected chi connectivity index (χ3v) is 7.65. The topological polar surface area (TPSA) is 125 Å². The summed E-state index contributed by atoms with van der Waals surface area (Å²) in [5.41, 5.74) is 1.06. The highest BCUT2D eigenvalue weighted by atomic mass is 32.2. The SMILES string of the molecule is COc1cccc(-c2nnc(NS(=O)(=O)[C@@H](C)[C@H](O)C3CC3)n2-c2c(OC)cccc2OC)c1. The van der Waals surface area contributed by atoms with Gasteiger partial charge >= 0.3 is 0 Å². The Morgan fingerprint density at radius 1 is 1.03 bits per heavy atom. The van der Waals surface area contributed by atoms with E-state index in [2.05, 4.69) is 14.9 Å². The summed E-state index contributed by atoms with van der Waals surface area (Å²) in [7, 11) is 0.568. The summed E-state index contributed by atoms with van der Waals surface area (Å²) >= 11 is 0. The Morgan fingerprint density at radius 2 is 1.68 bits per heavy atom. The molecular formula is C23H28N4O6S. The smallest absolute Gasteiger partial charge is 0.243 e. The van der Waals surface area contributed by atoms with Gasteiger partial charge in [0.2, 0.25) is 16.0 Å². The number of sulfonamides is 1. The molecule has 1 fully saturated rings. The molecule has 2 N–H and O–H groups in total. The van der Waals surface area contributed by atoms with Gasteiger partial charge in [0.25, 0.3) is 0 Å². The number of rotatable bonds is 10. The molecular weight excluding hydrogens is 460 g/mol. The first-order valence-electron chi connectivity index (χ1n) is 10.8. The molecule has 0 spiro atoms. The van der Waals surface area contributed by atoms with Gasteiger partial charge in [0.05, 0.1) is 27.4 Å². The molecule has 0 saturated heterocycles. The lowest BCUT2D eigenvalue weighted by atomic mass is 10.2. The molecule has 4 rings (SSSR count). The summed E-state index contributed by atoms with van der Waals surface area (Å²) in [4.78, 5) is 0. The maximum absolute atomic E-state index is 13.2. The van der Waals surface area contributed by atoms with E-state index in [9.17, 15) is 13.5 Å². The second-order valence-corrected chi connectivity index (χ2v) is 10.1. The summed E-state index contributed by atoms with van der Waals surface area (Å²) < 4.78 is 46.9. The predicted octanol–water partition coefficient (Wildman–Crippen LogP) is 2.86. The molecule has 0 radical (unpaired) electrons. The minimum atomic E-state index is -4.00. The van der Waals surface area contributed by atoms with E-state index in [-0.39, 0.29) is 11.9 Å². The fourth-order valence-electron chi connectivity index (χ4n) is 3.79. The molecule has 0 amide bonds. The Kier molecular flexibility index (Phi) is 6.67. The average Bonchev–Trinajstić information content (AvgIpc) is 3.63. The van der Waals surface area contributed by atoms with Crippen LogP contribution in [0.15, 0.2) is 42.5 Å². The van der Waals surface area contributed by atoms with Crippen molar-refractivity contribution in [2.24, 2.45) is 5.92 Å². The molecule has 0 bridgehead atoms. The predicted molar refractivity (Wildman–Crippen MR) is 127 cm³/mol. The first-order chi connectivity index (χ1) is 16.3. The second kappa shape index (κ2) is 9.51. The zero-order chi connectivity index (χ0) is 24.5. The lowest BCUT2D eigenvalue weighted by molar-refractivity contribution is 0.150. The van der Waals surface area contributed by atoms with Gasteiger partial charge in [-0.3, -0.25) is 9.29 Å². The highest BCUT2D eigenvalue weighted by Gasteiger charge is 2.40. The zero-order valence-electron chi connectivity index (χ0n) is 19.4. The van der Waals surface area contributed by atoms with Crippen molar-refractivity contribution in [2.45, 2.75) is 31.1 Å². The highest BCUT2D eigenvalue weighted by Crippen LogP contribution is 2.39. The molecule has 3 aromatic rings. The molecule has 2 aromatic carbocycles. The quantitative estimate of drug-likeness (QED) is 0.446. The Labute approximate surface area is 198 Å². The van der Waals surface area contributed by atoms with Crippen molar-refractivity contribution >= 4 is 16.0 Å². The molecule has 0 unspecified atom stereocenters. The third kappa shape index (κ3) is 4.53. The summed E-state index contributed by atoms with van der Waals surface area (Å²) in [5.74, 6) is 1.73. The number of para-hydroxylation sites is 1. The van der Waals surface area contributed by atoms with Crippen molar-refractivity contribution < 1.29 is 27.7 Å². The molecule has 1 aliphatic rings. The van der Waals surface area contributed by atoms with Crippen molar-refractivity contribution in [3.05, 3.63) is 42.5 Å². The first-order valence-corrected chi connectivity index (χ1v) is 12.4. The molecule has 10 nitrogen and oxygen atoms in total. The number of aromatic nitrogens is 3. The van der Waals surface area contributed by atoms with Gasteiger partial charge in [-0.05, 0) is 49.9 Å². The molecule has 2 atom stereocenters. The van der Waals surface area contributed by atoms with E-state index in [1.54, 1.807) is 43.5 Å². The van der Waals surface area contributed by atoms with E-state index in [0.717, 1.165) is 12.8 Å². The van der Waals surface area contributed by atoms with E-state index in [0.29, 0.717) is 34.3 Å². The van der Waals surface area contributed by atoms with Gasteiger partial charge in [-0.2, -0.15) is 0 Å². The number of anilines is 1. The molecule has 0 aliphatic heterocycles. The van der Waals surface area contributed by atoms with Gasteiger partial charge in [0.15, 0.2) is 5.82 Å².